The van der Waals surface area contributed by atoms with Gasteiger partial charge in [0, 0.05) is 0 Å². The predicted octanol–water partition coefficient (Wildman–Crippen LogP) is 2.08. The normalized spacial score (nSPS) is 17.3. The third kappa shape index (κ3) is 3.31. The molecule has 1 unspecified atom stereocenters. The molecule has 24 heavy (non-hydrogen) atoms. The Balaban J connectivity index is 2.41. The number of amides is 1. The van der Waals surface area contributed by atoms with Gasteiger partial charge < -0.3 is 19.7 Å². The smallest absolute Gasteiger partial charge is 0.326 e. The van der Waals surface area contributed by atoms with Crippen molar-refractivity contribution in [3.63, 3.8) is 0 Å². The zero-order valence-electron chi connectivity index (χ0n) is 13.1. The lowest BCUT2D eigenvalue weighted by atomic mass is 10.1. The topological polar surface area (TPSA) is 96.3 Å². The average Bonchev–Trinajstić information content (AvgIpc) is 2.81. The van der Waals surface area contributed by atoms with Crippen LogP contribution >= 0.6 is 24.0 Å². The first-order chi connectivity index (χ1) is 11.3. The monoisotopic (exact) mass is 369 g/mol. The van der Waals surface area contributed by atoms with Crippen molar-refractivity contribution in [2.24, 2.45) is 0 Å². The molecule has 1 aromatic rings. The SMILES string of the molecule is COc1cc(C=C2SC(=S)N(C(C)C(=O)O)C2=O)cc(OC)c1O. The number of thioether (sulfide) groups is 1. The fourth-order valence-electron chi connectivity index (χ4n) is 2.07. The molecule has 1 aliphatic heterocycles. The Kier molecular flexibility index (Phi) is 5.35. The quantitative estimate of drug-likeness (QED) is 0.602. The van der Waals surface area contributed by atoms with Gasteiger partial charge in [0.15, 0.2) is 11.5 Å². The van der Waals surface area contributed by atoms with Crippen LogP contribution in [-0.4, -0.2) is 51.6 Å². The first-order valence-corrected chi connectivity index (χ1v) is 7.97. The highest BCUT2D eigenvalue weighted by molar-refractivity contribution is 8.26. The van der Waals surface area contributed by atoms with E-state index in [1.165, 1.54) is 33.3 Å². The van der Waals surface area contributed by atoms with Gasteiger partial charge in [0.25, 0.3) is 5.91 Å². The number of aliphatic carboxylic acids is 1. The number of ether oxygens (including phenoxy) is 2. The molecule has 2 N–H and O–H groups in total. The van der Waals surface area contributed by atoms with Crippen LogP contribution in [0.15, 0.2) is 17.0 Å². The maximum atomic E-state index is 12.4. The number of carboxylic acids is 1. The largest absolute Gasteiger partial charge is 0.502 e. The van der Waals surface area contributed by atoms with Gasteiger partial charge in [-0.25, -0.2) is 4.79 Å². The van der Waals surface area contributed by atoms with E-state index in [9.17, 15) is 14.7 Å². The zero-order valence-corrected chi connectivity index (χ0v) is 14.7. The van der Waals surface area contributed by atoms with Crippen LogP contribution in [0.1, 0.15) is 12.5 Å². The second-order valence-corrected chi connectivity index (χ2v) is 6.52. The molecule has 0 bridgehead atoms. The van der Waals surface area contributed by atoms with E-state index in [1.807, 2.05) is 0 Å². The van der Waals surface area contributed by atoms with E-state index in [4.69, 9.17) is 26.8 Å². The highest BCUT2D eigenvalue weighted by Gasteiger charge is 2.38. The summed E-state index contributed by atoms with van der Waals surface area (Å²) in [5.41, 5.74) is 0.546. The van der Waals surface area contributed by atoms with E-state index in [1.54, 1.807) is 6.08 Å². The summed E-state index contributed by atoms with van der Waals surface area (Å²) in [5.74, 6) is -1.39. The number of thiocarbonyl (C=S) groups is 1. The number of rotatable bonds is 5. The van der Waals surface area contributed by atoms with Gasteiger partial charge in [-0.2, -0.15) is 0 Å². The Labute approximate surface area is 147 Å². The summed E-state index contributed by atoms with van der Waals surface area (Å²) in [6.45, 7) is 1.39. The summed E-state index contributed by atoms with van der Waals surface area (Å²) >= 11 is 6.11. The maximum Gasteiger partial charge on any atom is 0.326 e. The van der Waals surface area contributed by atoms with Gasteiger partial charge in [0.05, 0.1) is 19.1 Å². The second-order valence-electron chi connectivity index (χ2n) is 4.84. The van der Waals surface area contributed by atoms with Gasteiger partial charge >= 0.3 is 5.97 Å². The number of phenols is 1. The van der Waals surface area contributed by atoms with Crippen molar-refractivity contribution in [1.29, 1.82) is 0 Å². The third-order valence-corrected chi connectivity index (χ3v) is 4.70. The summed E-state index contributed by atoms with van der Waals surface area (Å²) in [4.78, 5) is 24.9. The van der Waals surface area contributed by atoms with Crippen LogP contribution < -0.4 is 9.47 Å². The fourth-order valence-corrected chi connectivity index (χ4v) is 3.49. The van der Waals surface area contributed by atoms with Crippen molar-refractivity contribution in [1.82, 2.24) is 4.90 Å². The molecule has 1 amide bonds. The van der Waals surface area contributed by atoms with E-state index in [2.05, 4.69) is 0 Å². The van der Waals surface area contributed by atoms with Crippen molar-refractivity contribution in [3.05, 3.63) is 22.6 Å². The minimum atomic E-state index is -1.14. The zero-order chi connectivity index (χ0) is 18.0. The molecule has 1 fully saturated rings. The van der Waals surface area contributed by atoms with Crippen molar-refractivity contribution in [3.8, 4) is 17.2 Å². The predicted molar refractivity (Wildman–Crippen MR) is 93.3 cm³/mol. The average molecular weight is 369 g/mol. The van der Waals surface area contributed by atoms with E-state index in [0.717, 1.165) is 16.7 Å². The summed E-state index contributed by atoms with van der Waals surface area (Å²) in [5, 5.41) is 19.0. The van der Waals surface area contributed by atoms with E-state index >= 15 is 0 Å². The number of carbonyl (C=O) groups excluding carboxylic acids is 1. The van der Waals surface area contributed by atoms with Crippen molar-refractivity contribution < 1.29 is 29.3 Å². The van der Waals surface area contributed by atoms with Crippen LogP contribution in [-0.2, 0) is 9.59 Å². The molecule has 0 aliphatic carbocycles. The van der Waals surface area contributed by atoms with Gasteiger partial charge in [-0.3, -0.25) is 9.69 Å². The van der Waals surface area contributed by atoms with Gasteiger partial charge in [0.2, 0.25) is 5.75 Å². The first-order valence-electron chi connectivity index (χ1n) is 6.75. The summed E-state index contributed by atoms with van der Waals surface area (Å²) < 4.78 is 10.3. The molecule has 1 atom stereocenters. The molecular weight excluding hydrogens is 354 g/mol. The molecule has 0 radical (unpaired) electrons. The van der Waals surface area contributed by atoms with Crippen molar-refractivity contribution in [2.75, 3.05) is 14.2 Å². The maximum absolute atomic E-state index is 12.4. The lowest BCUT2D eigenvalue weighted by Crippen LogP contribution is -2.41. The number of hydrogen-bond donors (Lipinski definition) is 2. The molecule has 0 aromatic heterocycles. The Morgan fingerprint density at radius 1 is 1.33 bits per heavy atom. The number of nitrogens with zero attached hydrogens (tertiary/aromatic N) is 1. The molecule has 1 saturated heterocycles. The summed E-state index contributed by atoms with van der Waals surface area (Å²) in [7, 11) is 2.79. The van der Waals surface area contributed by atoms with Crippen LogP contribution in [0.25, 0.3) is 6.08 Å². The van der Waals surface area contributed by atoms with Crippen LogP contribution in [0, 0.1) is 0 Å². The number of phenolic OH excluding ortho intramolecular Hbond substituents is 1. The van der Waals surface area contributed by atoms with E-state index < -0.39 is 17.9 Å². The molecule has 0 spiro atoms. The molecule has 1 aliphatic rings. The van der Waals surface area contributed by atoms with Gasteiger partial charge in [-0.05, 0) is 30.7 Å². The van der Waals surface area contributed by atoms with Gasteiger partial charge in [0.1, 0.15) is 10.4 Å². The van der Waals surface area contributed by atoms with Crippen molar-refractivity contribution >= 4 is 46.3 Å². The Bertz CT molecular complexity index is 720. The minimum absolute atomic E-state index is 0.149. The first kappa shape index (κ1) is 18.1. The third-order valence-electron chi connectivity index (χ3n) is 3.37. The van der Waals surface area contributed by atoms with Crippen LogP contribution in [0.5, 0.6) is 17.2 Å². The molecule has 128 valence electrons. The Morgan fingerprint density at radius 2 is 1.88 bits per heavy atom. The number of aromatic hydroxyl groups is 1. The van der Waals surface area contributed by atoms with E-state index in [0.29, 0.717) is 5.56 Å². The van der Waals surface area contributed by atoms with Gasteiger partial charge in [-0.15, -0.1) is 0 Å². The number of carbonyl (C=O) groups is 2. The standard InChI is InChI=1S/C15H15NO6S2/c1-7(14(19)20)16-13(18)11(24-15(16)23)6-8-4-9(21-2)12(17)10(5-8)22-3/h4-7,17H,1-3H3,(H,19,20). The van der Waals surface area contributed by atoms with Crippen LogP contribution in [0.4, 0.5) is 0 Å². The Hall–Kier alpha value is -2.26. The number of benzene rings is 1. The Morgan fingerprint density at radius 3 is 2.33 bits per heavy atom. The molecule has 2 rings (SSSR count). The van der Waals surface area contributed by atoms with Crippen molar-refractivity contribution in [2.45, 2.75) is 13.0 Å². The molecule has 7 nitrogen and oxygen atoms in total. The second kappa shape index (κ2) is 7.10. The van der Waals surface area contributed by atoms with Gasteiger partial charge in [-0.1, -0.05) is 24.0 Å². The summed E-state index contributed by atoms with van der Waals surface area (Å²) in [6.07, 6.45) is 1.54. The molecule has 1 aromatic carbocycles. The lowest BCUT2D eigenvalue weighted by Gasteiger charge is -2.18. The number of hydrogen-bond acceptors (Lipinski definition) is 7. The molecule has 9 heteroatoms. The number of carboxylic acid groups (broad SMARTS) is 1. The van der Waals surface area contributed by atoms with Crippen LogP contribution in [0.2, 0.25) is 0 Å². The fraction of sp³-hybridized carbons (Fsp3) is 0.267. The molecule has 0 saturated carbocycles. The molecular formula is C15H15NO6S2. The lowest BCUT2D eigenvalue weighted by molar-refractivity contribution is -0.144. The highest BCUT2D eigenvalue weighted by Crippen LogP contribution is 2.39. The number of methoxy groups -OCH3 is 2. The summed E-state index contributed by atoms with van der Waals surface area (Å²) in [6, 6.07) is 2.02. The molecule has 1 heterocycles. The minimum Gasteiger partial charge on any atom is -0.502 e. The van der Waals surface area contributed by atoms with Crippen LogP contribution in [0.3, 0.4) is 0 Å². The van der Waals surface area contributed by atoms with E-state index in [-0.39, 0.29) is 26.5 Å². The highest BCUT2D eigenvalue weighted by atomic mass is 32.2.